The second-order valence-corrected chi connectivity index (χ2v) is 5.96. The second-order valence-electron chi connectivity index (χ2n) is 5.96. The van der Waals surface area contributed by atoms with Crippen molar-refractivity contribution in [3.63, 3.8) is 0 Å². The van der Waals surface area contributed by atoms with Crippen LogP contribution in [-0.4, -0.2) is 52.6 Å². The maximum Gasteiger partial charge on any atom is 0.320 e. The third-order valence-corrected chi connectivity index (χ3v) is 4.66. The second kappa shape index (κ2) is 5.80. The Morgan fingerprint density at radius 2 is 1.79 bits per heavy atom. The molecule has 2 aliphatic heterocycles. The Bertz CT molecular complexity index is 359. The number of nitrogens with zero attached hydrogens (tertiary/aromatic N) is 2. The van der Waals surface area contributed by atoms with Crippen LogP contribution in [0.5, 0.6) is 0 Å². The topological polar surface area (TPSA) is 60.9 Å². The first kappa shape index (κ1) is 14.2. The molecule has 0 aliphatic carbocycles. The predicted molar refractivity (Wildman–Crippen MR) is 71.9 cm³/mol. The van der Waals surface area contributed by atoms with Gasteiger partial charge in [0.05, 0.1) is 5.92 Å². The lowest BCUT2D eigenvalue weighted by molar-refractivity contribution is -0.143. The van der Waals surface area contributed by atoms with Crippen LogP contribution in [0.15, 0.2) is 0 Å². The lowest BCUT2D eigenvalue weighted by Crippen LogP contribution is -2.54. The van der Waals surface area contributed by atoms with Crippen LogP contribution < -0.4 is 0 Å². The lowest BCUT2D eigenvalue weighted by Gasteiger charge is -2.42. The zero-order valence-corrected chi connectivity index (χ0v) is 11.8. The standard InChI is InChI=1S/C14H24N2O3/c1-10-5-3-8-16(11(10)2)14(19)15-7-4-6-12(9-15)13(17)18/h10-12H,3-9H2,1-2H3,(H,17,18)/t10?,11?,12-/m0/s1. The maximum absolute atomic E-state index is 12.5. The van der Waals surface area contributed by atoms with E-state index in [0.717, 1.165) is 19.4 Å². The average Bonchev–Trinajstić information content (AvgIpc) is 2.41. The molecule has 0 spiro atoms. The number of amides is 2. The summed E-state index contributed by atoms with van der Waals surface area (Å²) in [5.74, 6) is -0.648. The van der Waals surface area contributed by atoms with Crippen molar-refractivity contribution in [3.05, 3.63) is 0 Å². The Hall–Kier alpha value is -1.26. The number of likely N-dealkylation sites (tertiary alicyclic amines) is 2. The molecule has 0 bridgehead atoms. The summed E-state index contributed by atoms with van der Waals surface area (Å²) in [4.78, 5) is 27.3. The van der Waals surface area contributed by atoms with Crippen molar-refractivity contribution < 1.29 is 14.7 Å². The summed E-state index contributed by atoms with van der Waals surface area (Å²) < 4.78 is 0. The van der Waals surface area contributed by atoms with Crippen LogP contribution in [0.3, 0.4) is 0 Å². The molecule has 5 nitrogen and oxygen atoms in total. The lowest BCUT2D eigenvalue weighted by atomic mass is 9.92. The van der Waals surface area contributed by atoms with Gasteiger partial charge in [0.1, 0.15) is 0 Å². The highest BCUT2D eigenvalue weighted by atomic mass is 16.4. The van der Waals surface area contributed by atoms with Crippen LogP contribution in [0, 0.1) is 11.8 Å². The Kier molecular flexibility index (Phi) is 4.32. The summed E-state index contributed by atoms with van der Waals surface area (Å²) in [7, 11) is 0. The number of carbonyl (C=O) groups is 2. The fourth-order valence-electron chi connectivity index (χ4n) is 3.14. The number of hydrogen-bond acceptors (Lipinski definition) is 2. The van der Waals surface area contributed by atoms with Gasteiger partial charge in [-0.2, -0.15) is 0 Å². The number of carboxylic acid groups (broad SMARTS) is 1. The monoisotopic (exact) mass is 268 g/mol. The number of urea groups is 1. The van der Waals surface area contributed by atoms with Crippen LogP contribution in [0.2, 0.25) is 0 Å². The minimum Gasteiger partial charge on any atom is -0.481 e. The van der Waals surface area contributed by atoms with Gasteiger partial charge in [0.25, 0.3) is 0 Å². The summed E-state index contributed by atoms with van der Waals surface area (Å²) in [5.41, 5.74) is 0. The number of carbonyl (C=O) groups excluding carboxylic acids is 1. The van der Waals surface area contributed by atoms with E-state index in [2.05, 4.69) is 13.8 Å². The van der Waals surface area contributed by atoms with Crippen molar-refractivity contribution in [1.29, 1.82) is 0 Å². The molecular formula is C14H24N2O3. The van der Waals surface area contributed by atoms with Crippen molar-refractivity contribution in [2.24, 2.45) is 11.8 Å². The number of piperidine rings is 2. The van der Waals surface area contributed by atoms with E-state index in [9.17, 15) is 9.59 Å². The molecule has 0 saturated carbocycles. The van der Waals surface area contributed by atoms with Crippen LogP contribution in [-0.2, 0) is 4.79 Å². The van der Waals surface area contributed by atoms with E-state index < -0.39 is 11.9 Å². The van der Waals surface area contributed by atoms with Gasteiger partial charge in [-0.3, -0.25) is 4.79 Å². The van der Waals surface area contributed by atoms with E-state index >= 15 is 0 Å². The minimum absolute atomic E-state index is 0.0324. The first-order valence-corrected chi connectivity index (χ1v) is 7.29. The molecule has 3 atom stereocenters. The van der Waals surface area contributed by atoms with Gasteiger partial charge in [-0.15, -0.1) is 0 Å². The van der Waals surface area contributed by atoms with Gasteiger partial charge in [0.15, 0.2) is 0 Å². The average molecular weight is 268 g/mol. The van der Waals surface area contributed by atoms with Gasteiger partial charge in [-0.1, -0.05) is 6.92 Å². The van der Waals surface area contributed by atoms with Gasteiger partial charge < -0.3 is 14.9 Å². The summed E-state index contributed by atoms with van der Waals surface area (Å²) in [5, 5.41) is 9.09. The third kappa shape index (κ3) is 3.01. The zero-order valence-electron chi connectivity index (χ0n) is 11.8. The quantitative estimate of drug-likeness (QED) is 0.791. The highest BCUT2D eigenvalue weighted by Gasteiger charge is 2.34. The van der Waals surface area contributed by atoms with E-state index in [1.165, 1.54) is 6.42 Å². The van der Waals surface area contributed by atoms with Gasteiger partial charge in [0, 0.05) is 25.7 Å². The first-order chi connectivity index (χ1) is 9.00. The molecule has 1 N–H and O–H groups in total. The third-order valence-electron chi connectivity index (χ3n) is 4.66. The predicted octanol–water partition coefficient (Wildman–Crippen LogP) is 2.02. The molecule has 2 heterocycles. The first-order valence-electron chi connectivity index (χ1n) is 7.29. The van der Waals surface area contributed by atoms with Crippen molar-refractivity contribution in [2.45, 2.75) is 45.6 Å². The molecule has 2 rings (SSSR count). The van der Waals surface area contributed by atoms with Gasteiger partial charge in [-0.25, -0.2) is 4.79 Å². The Morgan fingerprint density at radius 3 is 2.47 bits per heavy atom. The molecule has 2 saturated heterocycles. The van der Waals surface area contributed by atoms with Gasteiger partial charge >= 0.3 is 12.0 Å². The smallest absolute Gasteiger partial charge is 0.320 e. The highest BCUT2D eigenvalue weighted by Crippen LogP contribution is 2.25. The molecule has 0 aromatic carbocycles. The fourth-order valence-corrected chi connectivity index (χ4v) is 3.14. The molecule has 0 radical (unpaired) electrons. The SMILES string of the molecule is CC1CCCN(C(=O)N2CCC[C@H](C(=O)O)C2)C1C. The van der Waals surface area contributed by atoms with Crippen molar-refractivity contribution >= 4 is 12.0 Å². The molecule has 108 valence electrons. The van der Waals surface area contributed by atoms with Gasteiger partial charge in [-0.05, 0) is 38.5 Å². The van der Waals surface area contributed by atoms with Crippen LogP contribution in [0.25, 0.3) is 0 Å². The number of rotatable bonds is 1. The Balaban J connectivity index is 2.00. The molecule has 19 heavy (non-hydrogen) atoms. The number of hydrogen-bond donors (Lipinski definition) is 1. The van der Waals surface area contributed by atoms with Crippen molar-refractivity contribution in [1.82, 2.24) is 9.80 Å². The van der Waals surface area contributed by atoms with Crippen LogP contribution in [0.4, 0.5) is 4.79 Å². The van der Waals surface area contributed by atoms with E-state index in [0.29, 0.717) is 25.4 Å². The van der Waals surface area contributed by atoms with Crippen LogP contribution >= 0.6 is 0 Å². The Labute approximate surface area is 114 Å². The number of carboxylic acids is 1. The molecule has 2 aliphatic rings. The summed E-state index contributed by atoms with van der Waals surface area (Å²) in [6.45, 7) is 6.14. The Morgan fingerprint density at radius 1 is 1.11 bits per heavy atom. The van der Waals surface area contributed by atoms with E-state index in [4.69, 9.17) is 5.11 Å². The van der Waals surface area contributed by atoms with E-state index in [1.54, 1.807) is 4.90 Å². The molecule has 2 unspecified atom stereocenters. The van der Waals surface area contributed by atoms with Crippen molar-refractivity contribution in [3.8, 4) is 0 Å². The molecule has 2 fully saturated rings. The normalized spacial score (nSPS) is 32.2. The summed E-state index contributed by atoms with van der Waals surface area (Å²) >= 11 is 0. The molecule has 0 aromatic heterocycles. The molecule has 5 heteroatoms. The highest BCUT2D eigenvalue weighted by molar-refractivity contribution is 5.77. The van der Waals surface area contributed by atoms with Crippen LogP contribution in [0.1, 0.15) is 39.5 Å². The van der Waals surface area contributed by atoms with E-state index in [-0.39, 0.29) is 12.1 Å². The maximum atomic E-state index is 12.5. The molecule has 0 aromatic rings. The minimum atomic E-state index is -0.780. The molecule has 2 amide bonds. The summed E-state index contributed by atoms with van der Waals surface area (Å²) in [6, 6.07) is 0.288. The van der Waals surface area contributed by atoms with E-state index in [1.807, 2.05) is 4.90 Å². The molecular weight excluding hydrogens is 244 g/mol. The fraction of sp³-hybridized carbons (Fsp3) is 0.857. The summed E-state index contributed by atoms with van der Waals surface area (Å²) in [6.07, 6.45) is 3.70. The zero-order chi connectivity index (χ0) is 14.0. The van der Waals surface area contributed by atoms with Crippen molar-refractivity contribution in [2.75, 3.05) is 19.6 Å². The van der Waals surface area contributed by atoms with Gasteiger partial charge in [0.2, 0.25) is 0 Å². The number of aliphatic carboxylic acids is 1. The largest absolute Gasteiger partial charge is 0.481 e.